The molecule has 0 aliphatic heterocycles. The molecule has 1 saturated carbocycles. The maximum atomic E-state index is 2.29. The van der Waals surface area contributed by atoms with Crippen LogP contribution in [0.15, 0.2) is 60.7 Å². The molecule has 0 bridgehead atoms. The third-order valence-corrected chi connectivity index (χ3v) is 4.11. The Morgan fingerprint density at radius 3 is 1.13 bits per heavy atom. The molecule has 0 heterocycles. The van der Waals surface area contributed by atoms with Crippen molar-refractivity contribution in [3.05, 3.63) is 71.8 Å². The van der Waals surface area contributed by atoms with Crippen LogP contribution in [0.5, 0.6) is 0 Å². The Bertz CT molecular complexity index is 422. The van der Waals surface area contributed by atoms with Crippen molar-refractivity contribution in [2.45, 2.75) is 72.6 Å². The molecule has 3 rings (SSSR count). The van der Waals surface area contributed by atoms with E-state index >= 15 is 0 Å². The molecule has 0 unspecified atom stereocenters. The van der Waals surface area contributed by atoms with E-state index in [9.17, 15) is 0 Å². The Balaban J connectivity index is 0.000000728. The molecule has 0 saturated heterocycles. The lowest BCUT2D eigenvalue weighted by Gasteiger charge is -2.30. The minimum absolute atomic E-state index is 0.280. The average molecular weight is 313 g/mol. The first kappa shape index (κ1) is 21.4. The predicted octanol–water partition coefficient (Wildman–Crippen LogP) is 7.63. The maximum Gasteiger partial charge on any atom is 0.0202 e. The zero-order valence-electron chi connectivity index (χ0n) is 16.1. The fourth-order valence-electron chi connectivity index (χ4n) is 3.24. The summed E-state index contributed by atoms with van der Waals surface area (Å²) in [6, 6.07) is 22.0. The van der Waals surface area contributed by atoms with Crippen LogP contribution in [-0.2, 0) is 5.41 Å². The molecule has 23 heavy (non-hydrogen) atoms. The highest BCUT2D eigenvalue weighted by Crippen LogP contribution is 2.46. The van der Waals surface area contributed by atoms with Crippen LogP contribution < -0.4 is 0 Å². The van der Waals surface area contributed by atoms with Gasteiger partial charge in [0, 0.05) is 5.41 Å². The Hall–Kier alpha value is -1.56. The Labute approximate surface area is 145 Å². The van der Waals surface area contributed by atoms with Crippen LogP contribution in [0.2, 0.25) is 0 Å². The van der Waals surface area contributed by atoms with Crippen LogP contribution in [0, 0.1) is 0 Å². The molecular formula is C23H36. The molecule has 0 spiro atoms. The Morgan fingerprint density at radius 1 is 0.522 bits per heavy atom. The Kier molecular flexibility index (Phi) is 12.1. The van der Waals surface area contributed by atoms with E-state index in [1.165, 1.54) is 36.8 Å². The van der Waals surface area contributed by atoms with Crippen molar-refractivity contribution in [1.29, 1.82) is 0 Å². The molecule has 128 valence electrons. The zero-order chi connectivity index (χ0) is 17.6. The van der Waals surface area contributed by atoms with Gasteiger partial charge in [0.25, 0.3) is 0 Å². The molecule has 0 amide bonds. The van der Waals surface area contributed by atoms with E-state index in [2.05, 4.69) is 60.7 Å². The number of benzene rings is 2. The van der Waals surface area contributed by atoms with E-state index in [1.807, 2.05) is 41.5 Å². The lowest BCUT2D eigenvalue weighted by molar-refractivity contribution is 0.535. The van der Waals surface area contributed by atoms with Crippen molar-refractivity contribution in [3.8, 4) is 0 Å². The summed E-state index contributed by atoms with van der Waals surface area (Å²) in [6.45, 7) is 12.0. The zero-order valence-corrected chi connectivity index (χ0v) is 16.1. The second-order valence-corrected chi connectivity index (χ2v) is 5.02. The first-order valence-corrected chi connectivity index (χ1v) is 9.53. The molecule has 0 nitrogen and oxygen atoms in total. The van der Waals surface area contributed by atoms with E-state index in [4.69, 9.17) is 0 Å². The summed E-state index contributed by atoms with van der Waals surface area (Å²) < 4.78 is 0. The molecule has 2 aromatic rings. The van der Waals surface area contributed by atoms with Crippen LogP contribution in [0.25, 0.3) is 0 Å². The van der Waals surface area contributed by atoms with Gasteiger partial charge in [-0.1, -0.05) is 115 Å². The minimum atomic E-state index is 0.280. The van der Waals surface area contributed by atoms with Gasteiger partial charge in [0.15, 0.2) is 0 Å². The fourth-order valence-corrected chi connectivity index (χ4v) is 3.24. The summed E-state index contributed by atoms with van der Waals surface area (Å²) in [5.41, 5.74) is 3.26. The number of hydrogen-bond donors (Lipinski definition) is 0. The predicted molar refractivity (Wildman–Crippen MR) is 106 cm³/mol. The minimum Gasteiger partial charge on any atom is -0.0683 e. The van der Waals surface area contributed by atoms with Crippen molar-refractivity contribution < 1.29 is 0 Å². The third-order valence-electron chi connectivity index (χ3n) is 4.11. The molecule has 1 aliphatic rings. The van der Waals surface area contributed by atoms with Crippen LogP contribution >= 0.6 is 0 Å². The van der Waals surface area contributed by atoms with Gasteiger partial charge in [0.05, 0.1) is 0 Å². The van der Waals surface area contributed by atoms with E-state index in [1.54, 1.807) is 0 Å². The quantitative estimate of drug-likeness (QED) is 0.535. The fraction of sp³-hybridized carbons (Fsp3) is 0.478. The van der Waals surface area contributed by atoms with E-state index in [-0.39, 0.29) is 5.41 Å². The van der Waals surface area contributed by atoms with E-state index in [0.717, 1.165) is 0 Å². The molecule has 0 heteroatoms. The molecule has 0 N–H and O–H groups in total. The molecule has 0 atom stereocenters. The normalized spacial score (nSPS) is 14.2. The highest BCUT2D eigenvalue weighted by Gasteiger charge is 2.36. The molecule has 2 aromatic carbocycles. The van der Waals surface area contributed by atoms with Gasteiger partial charge < -0.3 is 0 Å². The van der Waals surface area contributed by atoms with Gasteiger partial charge >= 0.3 is 0 Å². The van der Waals surface area contributed by atoms with Gasteiger partial charge in [-0.3, -0.25) is 0 Å². The highest BCUT2D eigenvalue weighted by atomic mass is 14.4. The van der Waals surface area contributed by atoms with Crippen LogP contribution in [0.3, 0.4) is 0 Å². The molecule has 0 aromatic heterocycles. The lowest BCUT2D eigenvalue weighted by Crippen LogP contribution is -2.23. The second-order valence-electron chi connectivity index (χ2n) is 5.02. The van der Waals surface area contributed by atoms with Crippen molar-refractivity contribution in [3.63, 3.8) is 0 Å². The van der Waals surface area contributed by atoms with Gasteiger partial charge in [-0.25, -0.2) is 0 Å². The smallest absolute Gasteiger partial charge is 0.0202 e. The number of hydrogen-bond acceptors (Lipinski definition) is 0. The molecule has 0 radical (unpaired) electrons. The van der Waals surface area contributed by atoms with Crippen molar-refractivity contribution in [2.24, 2.45) is 0 Å². The highest BCUT2D eigenvalue weighted by molar-refractivity contribution is 5.40. The summed E-state index contributed by atoms with van der Waals surface area (Å²) in [4.78, 5) is 0. The first-order valence-electron chi connectivity index (χ1n) is 9.53. The van der Waals surface area contributed by atoms with Gasteiger partial charge in [0.2, 0.25) is 0 Å². The molecular weight excluding hydrogens is 276 g/mol. The van der Waals surface area contributed by atoms with Crippen molar-refractivity contribution in [1.82, 2.24) is 0 Å². The monoisotopic (exact) mass is 312 g/mol. The second kappa shape index (κ2) is 12.9. The summed E-state index contributed by atoms with van der Waals surface area (Å²) in [6.07, 6.45) is 5.29. The van der Waals surface area contributed by atoms with Crippen molar-refractivity contribution >= 4 is 0 Å². The summed E-state index contributed by atoms with van der Waals surface area (Å²) in [5, 5.41) is 0. The van der Waals surface area contributed by atoms with Gasteiger partial charge in [0.1, 0.15) is 0 Å². The lowest BCUT2D eigenvalue weighted by atomic mass is 9.73. The Morgan fingerprint density at radius 2 is 0.826 bits per heavy atom. The van der Waals surface area contributed by atoms with E-state index < -0.39 is 0 Å². The molecule has 1 fully saturated rings. The largest absolute Gasteiger partial charge is 0.0683 e. The van der Waals surface area contributed by atoms with Crippen LogP contribution in [0.4, 0.5) is 0 Å². The number of rotatable bonds is 2. The van der Waals surface area contributed by atoms with E-state index in [0.29, 0.717) is 0 Å². The average Bonchev–Trinajstić information content (AvgIpc) is 3.19. The standard InChI is InChI=1S/C17H18.3C2H6/c1-3-9-15(10-4-1)17(13-7-8-14-17)16-11-5-2-6-12-16;3*1-2/h1-6,9-12H,7-8,13-14H2;3*1-2H3. The van der Waals surface area contributed by atoms with Gasteiger partial charge in [-0.05, 0) is 24.0 Å². The summed E-state index contributed by atoms with van der Waals surface area (Å²) in [7, 11) is 0. The third kappa shape index (κ3) is 5.53. The first-order chi connectivity index (χ1) is 11.4. The van der Waals surface area contributed by atoms with Gasteiger partial charge in [-0.15, -0.1) is 0 Å². The summed E-state index contributed by atoms with van der Waals surface area (Å²) >= 11 is 0. The van der Waals surface area contributed by atoms with Crippen LogP contribution in [0.1, 0.15) is 78.4 Å². The van der Waals surface area contributed by atoms with Crippen LogP contribution in [-0.4, -0.2) is 0 Å². The maximum absolute atomic E-state index is 2.29. The van der Waals surface area contributed by atoms with Gasteiger partial charge in [-0.2, -0.15) is 0 Å². The topological polar surface area (TPSA) is 0 Å². The van der Waals surface area contributed by atoms with Crippen molar-refractivity contribution in [2.75, 3.05) is 0 Å². The SMILES string of the molecule is CC.CC.CC.c1ccc(C2(c3ccccc3)CCCC2)cc1. The summed E-state index contributed by atoms with van der Waals surface area (Å²) in [5.74, 6) is 0. The molecule has 1 aliphatic carbocycles.